The SMILES string of the molecule is Cc1cc2c(cc1C)CC(C(=O)O)C2. The van der Waals surface area contributed by atoms with Crippen molar-refractivity contribution in [2.45, 2.75) is 26.7 Å². The molecular weight excluding hydrogens is 176 g/mol. The van der Waals surface area contributed by atoms with E-state index in [-0.39, 0.29) is 5.92 Å². The number of carboxylic acids is 1. The second kappa shape index (κ2) is 3.12. The van der Waals surface area contributed by atoms with Gasteiger partial charge in [0, 0.05) is 0 Å². The molecule has 0 aromatic heterocycles. The minimum atomic E-state index is -0.670. The second-order valence-electron chi connectivity index (χ2n) is 4.15. The van der Waals surface area contributed by atoms with Gasteiger partial charge in [-0.3, -0.25) is 4.79 Å². The predicted octanol–water partition coefficient (Wildman–Crippen LogP) is 2.10. The zero-order valence-electron chi connectivity index (χ0n) is 8.50. The number of carboxylic acid groups (broad SMARTS) is 1. The summed E-state index contributed by atoms with van der Waals surface area (Å²) in [6, 6.07) is 4.27. The number of carbonyl (C=O) groups is 1. The summed E-state index contributed by atoms with van der Waals surface area (Å²) >= 11 is 0. The molecule has 1 aromatic carbocycles. The van der Waals surface area contributed by atoms with Crippen molar-refractivity contribution in [3.63, 3.8) is 0 Å². The normalized spacial score (nSPS) is 15.6. The van der Waals surface area contributed by atoms with E-state index in [1.54, 1.807) is 0 Å². The van der Waals surface area contributed by atoms with Crippen LogP contribution in [0.3, 0.4) is 0 Å². The number of aryl methyl sites for hydroxylation is 2. The lowest BCUT2D eigenvalue weighted by Crippen LogP contribution is -2.12. The van der Waals surface area contributed by atoms with Gasteiger partial charge in [-0.25, -0.2) is 0 Å². The van der Waals surface area contributed by atoms with E-state index >= 15 is 0 Å². The third kappa shape index (κ3) is 1.41. The topological polar surface area (TPSA) is 37.3 Å². The Morgan fingerprint density at radius 2 is 1.64 bits per heavy atom. The maximum absolute atomic E-state index is 10.8. The van der Waals surface area contributed by atoms with Crippen LogP contribution in [0.5, 0.6) is 0 Å². The Bertz CT molecular complexity index is 363. The van der Waals surface area contributed by atoms with Crippen molar-refractivity contribution in [1.82, 2.24) is 0 Å². The van der Waals surface area contributed by atoms with Gasteiger partial charge >= 0.3 is 5.97 Å². The van der Waals surface area contributed by atoms with E-state index in [2.05, 4.69) is 26.0 Å². The average Bonchev–Trinajstić information content (AvgIpc) is 2.48. The molecule has 74 valence electrons. The van der Waals surface area contributed by atoms with Crippen molar-refractivity contribution >= 4 is 5.97 Å². The maximum Gasteiger partial charge on any atom is 0.307 e. The average molecular weight is 190 g/mol. The van der Waals surface area contributed by atoms with E-state index < -0.39 is 5.97 Å². The van der Waals surface area contributed by atoms with Gasteiger partial charge in [-0.05, 0) is 48.9 Å². The van der Waals surface area contributed by atoms with Gasteiger partial charge < -0.3 is 5.11 Å². The molecule has 2 nitrogen and oxygen atoms in total. The van der Waals surface area contributed by atoms with Crippen LogP contribution in [0.2, 0.25) is 0 Å². The minimum absolute atomic E-state index is 0.203. The lowest BCUT2D eigenvalue weighted by molar-refractivity contribution is -0.141. The molecule has 1 aliphatic rings. The molecular formula is C12H14O2. The summed E-state index contributed by atoms with van der Waals surface area (Å²) in [5.74, 6) is -0.872. The fraction of sp³-hybridized carbons (Fsp3) is 0.417. The molecule has 1 N–H and O–H groups in total. The standard InChI is InChI=1S/C12H14O2/c1-7-3-9-5-11(12(13)14)6-10(9)4-8(7)2/h3-4,11H,5-6H2,1-2H3,(H,13,14). The lowest BCUT2D eigenvalue weighted by Gasteiger charge is -2.03. The summed E-state index contributed by atoms with van der Waals surface area (Å²) in [5.41, 5.74) is 4.96. The van der Waals surface area contributed by atoms with Crippen molar-refractivity contribution in [1.29, 1.82) is 0 Å². The minimum Gasteiger partial charge on any atom is -0.481 e. The fourth-order valence-electron chi connectivity index (χ4n) is 2.09. The smallest absolute Gasteiger partial charge is 0.307 e. The maximum atomic E-state index is 10.8. The highest BCUT2D eigenvalue weighted by molar-refractivity contribution is 5.72. The molecule has 0 bridgehead atoms. The third-order valence-electron chi connectivity index (χ3n) is 3.10. The predicted molar refractivity (Wildman–Crippen MR) is 54.4 cm³/mol. The van der Waals surface area contributed by atoms with E-state index in [0.717, 1.165) is 0 Å². The van der Waals surface area contributed by atoms with Crippen LogP contribution in [-0.4, -0.2) is 11.1 Å². The van der Waals surface area contributed by atoms with Gasteiger partial charge in [-0.2, -0.15) is 0 Å². The monoisotopic (exact) mass is 190 g/mol. The zero-order valence-corrected chi connectivity index (χ0v) is 8.50. The molecule has 1 aromatic rings. The first kappa shape index (κ1) is 9.25. The van der Waals surface area contributed by atoms with Gasteiger partial charge in [0.1, 0.15) is 0 Å². The third-order valence-corrected chi connectivity index (χ3v) is 3.10. The van der Waals surface area contributed by atoms with Crippen LogP contribution in [0.25, 0.3) is 0 Å². The first-order valence-electron chi connectivity index (χ1n) is 4.89. The van der Waals surface area contributed by atoms with Crippen molar-refractivity contribution in [2.24, 2.45) is 5.92 Å². The second-order valence-corrected chi connectivity index (χ2v) is 4.15. The number of hydrogen-bond acceptors (Lipinski definition) is 1. The van der Waals surface area contributed by atoms with Crippen LogP contribution in [-0.2, 0) is 17.6 Å². The zero-order chi connectivity index (χ0) is 10.3. The Morgan fingerprint density at radius 1 is 1.21 bits per heavy atom. The molecule has 0 amide bonds. The molecule has 0 saturated carbocycles. The molecule has 0 saturated heterocycles. The van der Waals surface area contributed by atoms with E-state index in [1.807, 2.05) is 0 Å². The van der Waals surface area contributed by atoms with Crippen LogP contribution in [0.4, 0.5) is 0 Å². The lowest BCUT2D eigenvalue weighted by atomic mass is 10.0. The molecule has 0 fully saturated rings. The molecule has 1 aliphatic carbocycles. The molecule has 0 heterocycles. The van der Waals surface area contributed by atoms with Crippen LogP contribution in [0, 0.1) is 19.8 Å². The molecule has 0 aliphatic heterocycles. The molecule has 0 spiro atoms. The van der Waals surface area contributed by atoms with E-state index in [0.29, 0.717) is 12.8 Å². The van der Waals surface area contributed by atoms with Gasteiger partial charge in [0.05, 0.1) is 5.92 Å². The van der Waals surface area contributed by atoms with Crippen molar-refractivity contribution < 1.29 is 9.90 Å². The van der Waals surface area contributed by atoms with Gasteiger partial charge in [0.2, 0.25) is 0 Å². The van der Waals surface area contributed by atoms with Gasteiger partial charge in [0.25, 0.3) is 0 Å². The number of benzene rings is 1. The van der Waals surface area contributed by atoms with Crippen molar-refractivity contribution in [2.75, 3.05) is 0 Å². The number of rotatable bonds is 1. The Hall–Kier alpha value is -1.31. The Kier molecular flexibility index (Phi) is 2.06. The number of aliphatic carboxylic acids is 1. The van der Waals surface area contributed by atoms with E-state index in [4.69, 9.17) is 5.11 Å². The van der Waals surface area contributed by atoms with Crippen LogP contribution >= 0.6 is 0 Å². The molecule has 14 heavy (non-hydrogen) atoms. The molecule has 2 rings (SSSR count). The Morgan fingerprint density at radius 3 is 2.00 bits per heavy atom. The fourth-order valence-corrected chi connectivity index (χ4v) is 2.09. The summed E-state index contributed by atoms with van der Waals surface area (Å²) in [4.78, 5) is 10.8. The highest BCUT2D eigenvalue weighted by Crippen LogP contribution is 2.29. The molecule has 2 heteroatoms. The van der Waals surface area contributed by atoms with Crippen LogP contribution in [0.15, 0.2) is 12.1 Å². The highest BCUT2D eigenvalue weighted by atomic mass is 16.4. The van der Waals surface area contributed by atoms with Gasteiger partial charge in [-0.15, -0.1) is 0 Å². The number of fused-ring (bicyclic) bond motifs is 1. The number of hydrogen-bond donors (Lipinski definition) is 1. The van der Waals surface area contributed by atoms with E-state index in [9.17, 15) is 4.79 Å². The molecule has 0 radical (unpaired) electrons. The quantitative estimate of drug-likeness (QED) is 0.736. The first-order chi connectivity index (χ1) is 6.58. The molecule has 0 unspecified atom stereocenters. The summed E-state index contributed by atoms with van der Waals surface area (Å²) < 4.78 is 0. The largest absolute Gasteiger partial charge is 0.481 e. The summed E-state index contributed by atoms with van der Waals surface area (Å²) in [7, 11) is 0. The summed E-state index contributed by atoms with van der Waals surface area (Å²) in [6.45, 7) is 4.15. The highest BCUT2D eigenvalue weighted by Gasteiger charge is 2.27. The van der Waals surface area contributed by atoms with Gasteiger partial charge in [0.15, 0.2) is 0 Å². The Balaban J connectivity index is 2.36. The van der Waals surface area contributed by atoms with Crippen molar-refractivity contribution in [3.8, 4) is 0 Å². The van der Waals surface area contributed by atoms with Crippen LogP contribution < -0.4 is 0 Å². The molecule has 0 atom stereocenters. The van der Waals surface area contributed by atoms with E-state index in [1.165, 1.54) is 22.3 Å². The van der Waals surface area contributed by atoms with Gasteiger partial charge in [-0.1, -0.05) is 12.1 Å². The van der Waals surface area contributed by atoms with Crippen LogP contribution in [0.1, 0.15) is 22.3 Å². The summed E-state index contributed by atoms with van der Waals surface area (Å²) in [5, 5.41) is 8.92. The Labute approximate surface area is 83.6 Å². The summed E-state index contributed by atoms with van der Waals surface area (Å²) in [6.07, 6.45) is 1.40. The first-order valence-corrected chi connectivity index (χ1v) is 4.89. The van der Waals surface area contributed by atoms with Crippen molar-refractivity contribution in [3.05, 3.63) is 34.4 Å².